The van der Waals surface area contributed by atoms with Crippen LogP contribution >= 0.6 is 11.8 Å². The van der Waals surface area contributed by atoms with Crippen LogP contribution in [0.15, 0.2) is 34.8 Å². The van der Waals surface area contributed by atoms with Gasteiger partial charge in [0.2, 0.25) is 11.8 Å². The van der Waals surface area contributed by atoms with Gasteiger partial charge in [0.15, 0.2) is 0 Å². The Morgan fingerprint density at radius 2 is 2.17 bits per heavy atom. The Balaban J connectivity index is 2.21. The second-order valence-electron chi connectivity index (χ2n) is 5.40. The molecule has 8 heteroatoms. The van der Waals surface area contributed by atoms with Crippen LogP contribution in [0.2, 0.25) is 0 Å². The fourth-order valence-electron chi connectivity index (χ4n) is 2.66. The van der Waals surface area contributed by atoms with Gasteiger partial charge in [-0.05, 0) is 18.9 Å². The molecule has 7 nitrogen and oxygen atoms in total. The lowest BCUT2D eigenvalue weighted by molar-refractivity contribution is -0.142. The fourth-order valence-corrected chi connectivity index (χ4v) is 3.30. The van der Waals surface area contributed by atoms with E-state index in [1.54, 1.807) is 19.1 Å². The van der Waals surface area contributed by atoms with Gasteiger partial charge >= 0.3 is 5.97 Å². The Hall–Kier alpha value is -2.35. The number of allylic oxidation sites excluding steroid dienone is 1. The van der Waals surface area contributed by atoms with Crippen molar-refractivity contribution in [3.63, 3.8) is 0 Å². The van der Waals surface area contributed by atoms with E-state index in [-0.39, 0.29) is 37.0 Å². The molecule has 1 saturated heterocycles. The Kier molecular flexibility index (Phi) is 5.61. The number of piperidine rings is 1. The maximum absolute atomic E-state index is 12.7. The highest BCUT2D eigenvalue weighted by molar-refractivity contribution is 8.03. The van der Waals surface area contributed by atoms with Crippen molar-refractivity contribution in [3.8, 4) is 0 Å². The SMILES string of the molecule is C=C(SCC(=O)O)C1=C(/C=C\C)C(=O)N(C2CCC(=O)NC2=O)C1. The maximum Gasteiger partial charge on any atom is 0.313 e. The van der Waals surface area contributed by atoms with Crippen LogP contribution in [-0.4, -0.2) is 52.0 Å². The van der Waals surface area contributed by atoms with E-state index in [0.717, 1.165) is 11.8 Å². The molecule has 24 heavy (non-hydrogen) atoms. The van der Waals surface area contributed by atoms with E-state index >= 15 is 0 Å². The van der Waals surface area contributed by atoms with Gasteiger partial charge in [-0.2, -0.15) is 0 Å². The van der Waals surface area contributed by atoms with Crippen LogP contribution in [0, 0.1) is 0 Å². The van der Waals surface area contributed by atoms with E-state index in [0.29, 0.717) is 16.1 Å². The molecule has 2 heterocycles. The highest BCUT2D eigenvalue weighted by Crippen LogP contribution is 2.33. The van der Waals surface area contributed by atoms with Crippen LogP contribution in [0.25, 0.3) is 0 Å². The van der Waals surface area contributed by atoms with Crippen molar-refractivity contribution in [2.24, 2.45) is 0 Å². The highest BCUT2D eigenvalue weighted by atomic mass is 32.2. The van der Waals surface area contributed by atoms with Crippen molar-refractivity contribution in [1.82, 2.24) is 10.2 Å². The Morgan fingerprint density at radius 3 is 2.75 bits per heavy atom. The summed E-state index contributed by atoms with van der Waals surface area (Å²) in [5, 5.41) is 11.0. The Labute approximate surface area is 143 Å². The van der Waals surface area contributed by atoms with Crippen LogP contribution < -0.4 is 5.32 Å². The number of hydrogen-bond acceptors (Lipinski definition) is 5. The number of carbonyl (C=O) groups excluding carboxylic acids is 3. The number of hydrogen-bond donors (Lipinski definition) is 2. The third kappa shape index (κ3) is 3.76. The first kappa shape index (κ1) is 18.0. The normalized spacial score (nSPS) is 21.6. The van der Waals surface area contributed by atoms with Crippen molar-refractivity contribution < 1.29 is 24.3 Å². The van der Waals surface area contributed by atoms with E-state index in [2.05, 4.69) is 11.9 Å². The van der Waals surface area contributed by atoms with Gasteiger partial charge in [0.1, 0.15) is 6.04 Å². The van der Waals surface area contributed by atoms with Crippen molar-refractivity contribution in [1.29, 1.82) is 0 Å². The molecular weight excluding hydrogens is 332 g/mol. The maximum atomic E-state index is 12.7. The average Bonchev–Trinajstić information content (AvgIpc) is 2.83. The largest absolute Gasteiger partial charge is 0.481 e. The zero-order valence-electron chi connectivity index (χ0n) is 13.2. The summed E-state index contributed by atoms with van der Waals surface area (Å²) in [4.78, 5) is 48.6. The molecule has 2 aliphatic heterocycles. The van der Waals surface area contributed by atoms with E-state index in [9.17, 15) is 19.2 Å². The Morgan fingerprint density at radius 1 is 1.46 bits per heavy atom. The molecule has 2 aliphatic rings. The molecule has 0 radical (unpaired) electrons. The number of amides is 3. The molecule has 0 aromatic rings. The molecule has 128 valence electrons. The van der Waals surface area contributed by atoms with Crippen molar-refractivity contribution in [3.05, 3.63) is 34.8 Å². The summed E-state index contributed by atoms with van der Waals surface area (Å²) in [5.41, 5.74) is 1.03. The number of imide groups is 1. The molecule has 0 saturated carbocycles. The second kappa shape index (κ2) is 7.48. The molecule has 1 atom stereocenters. The number of nitrogens with zero attached hydrogens (tertiary/aromatic N) is 1. The summed E-state index contributed by atoms with van der Waals surface area (Å²) in [7, 11) is 0. The number of aliphatic carboxylic acids is 1. The minimum Gasteiger partial charge on any atom is -0.481 e. The number of nitrogens with one attached hydrogen (secondary N) is 1. The lowest BCUT2D eigenvalue weighted by atomic mass is 10.0. The van der Waals surface area contributed by atoms with Crippen LogP contribution in [0.5, 0.6) is 0 Å². The number of carboxylic acid groups (broad SMARTS) is 1. The number of carbonyl (C=O) groups is 4. The van der Waals surface area contributed by atoms with Crippen LogP contribution in [0.1, 0.15) is 19.8 Å². The molecule has 0 aromatic heterocycles. The van der Waals surface area contributed by atoms with E-state index in [1.807, 2.05) is 0 Å². The minimum atomic E-state index is -0.972. The van der Waals surface area contributed by atoms with Gasteiger partial charge in [-0.3, -0.25) is 24.5 Å². The van der Waals surface area contributed by atoms with Gasteiger partial charge in [-0.1, -0.05) is 18.7 Å². The van der Waals surface area contributed by atoms with Crippen LogP contribution in [0.3, 0.4) is 0 Å². The highest BCUT2D eigenvalue weighted by Gasteiger charge is 2.40. The molecule has 1 unspecified atom stereocenters. The van der Waals surface area contributed by atoms with Gasteiger partial charge in [-0.25, -0.2) is 0 Å². The lowest BCUT2D eigenvalue weighted by Crippen LogP contribution is -2.53. The summed E-state index contributed by atoms with van der Waals surface area (Å²) in [6, 6.07) is -0.703. The predicted octanol–water partition coefficient (Wildman–Crippen LogP) is 0.838. The van der Waals surface area contributed by atoms with Crippen LogP contribution in [-0.2, 0) is 19.2 Å². The van der Waals surface area contributed by atoms with E-state index in [4.69, 9.17) is 5.11 Å². The molecule has 3 amide bonds. The average molecular weight is 350 g/mol. The van der Waals surface area contributed by atoms with Gasteiger partial charge < -0.3 is 10.0 Å². The number of thioether (sulfide) groups is 1. The lowest BCUT2D eigenvalue weighted by Gasteiger charge is -2.30. The third-order valence-corrected chi connectivity index (χ3v) is 4.76. The van der Waals surface area contributed by atoms with Crippen LogP contribution in [0.4, 0.5) is 0 Å². The zero-order valence-corrected chi connectivity index (χ0v) is 14.0. The number of rotatable bonds is 6. The summed E-state index contributed by atoms with van der Waals surface area (Å²) in [6.45, 7) is 5.80. The standard InChI is InChI=1S/C16H18N2O5S/c1-3-4-10-11(9(2)24-8-14(20)21)7-18(16(10)23)12-5-6-13(19)17-15(12)22/h3-4,12H,2,5-8H2,1H3,(H,20,21)(H,17,19,22)/b4-3-. The molecule has 0 aliphatic carbocycles. The van der Waals surface area contributed by atoms with Gasteiger partial charge in [0.05, 0.1) is 5.75 Å². The Bertz CT molecular complexity index is 680. The first-order valence-corrected chi connectivity index (χ1v) is 8.38. The van der Waals surface area contributed by atoms with Gasteiger partial charge in [0.25, 0.3) is 5.91 Å². The van der Waals surface area contributed by atoms with Crippen molar-refractivity contribution in [2.45, 2.75) is 25.8 Å². The smallest absolute Gasteiger partial charge is 0.313 e. The fraction of sp³-hybridized carbons (Fsp3) is 0.375. The first-order chi connectivity index (χ1) is 11.3. The molecule has 0 spiro atoms. The first-order valence-electron chi connectivity index (χ1n) is 7.39. The molecule has 2 N–H and O–H groups in total. The minimum absolute atomic E-state index is 0.155. The van der Waals surface area contributed by atoms with E-state index in [1.165, 1.54) is 4.90 Å². The molecule has 0 aromatic carbocycles. The second-order valence-corrected chi connectivity index (χ2v) is 6.47. The predicted molar refractivity (Wildman–Crippen MR) is 89.0 cm³/mol. The molecule has 1 fully saturated rings. The van der Waals surface area contributed by atoms with E-state index < -0.39 is 17.9 Å². The summed E-state index contributed by atoms with van der Waals surface area (Å²) in [6.07, 6.45) is 3.80. The van der Waals surface area contributed by atoms with Crippen molar-refractivity contribution >= 4 is 35.5 Å². The summed E-state index contributed by atoms with van der Waals surface area (Å²) < 4.78 is 0. The summed E-state index contributed by atoms with van der Waals surface area (Å²) in [5.74, 6) is -2.26. The monoisotopic (exact) mass is 350 g/mol. The topological polar surface area (TPSA) is 104 Å². The zero-order chi connectivity index (χ0) is 17.9. The van der Waals surface area contributed by atoms with Gasteiger partial charge in [0, 0.05) is 23.4 Å². The molecular formula is C16H18N2O5S. The quantitative estimate of drug-likeness (QED) is 0.688. The van der Waals surface area contributed by atoms with Crippen molar-refractivity contribution in [2.75, 3.05) is 12.3 Å². The molecule has 2 rings (SSSR count). The third-order valence-electron chi connectivity index (χ3n) is 3.77. The summed E-state index contributed by atoms with van der Waals surface area (Å²) >= 11 is 1.04. The van der Waals surface area contributed by atoms with Gasteiger partial charge in [-0.15, -0.1) is 11.8 Å². The number of carboxylic acids is 1. The molecule has 0 bridgehead atoms.